The summed E-state index contributed by atoms with van der Waals surface area (Å²) in [7, 11) is 0. The molecule has 134 valence electrons. The summed E-state index contributed by atoms with van der Waals surface area (Å²) in [5.74, 6) is 0.888. The van der Waals surface area contributed by atoms with Gasteiger partial charge in [-0.2, -0.15) is 0 Å². The highest BCUT2D eigenvalue weighted by Crippen LogP contribution is 2.12. The predicted octanol–water partition coefficient (Wildman–Crippen LogP) is 2.31. The molecule has 0 aliphatic heterocycles. The van der Waals surface area contributed by atoms with Gasteiger partial charge < -0.3 is 22.3 Å². The first-order chi connectivity index (χ1) is 10.8. The minimum Gasteiger partial charge on any atom is -1.00 e. The number of hydrogen-bond acceptors (Lipinski definition) is 0. The first-order valence-electron chi connectivity index (χ1n) is 9.64. The quantitative estimate of drug-likeness (QED) is 0.474. The first kappa shape index (κ1) is 22.7. The Morgan fingerprint density at radius 3 is 1.83 bits per heavy atom. The van der Waals surface area contributed by atoms with Gasteiger partial charge in [-0.1, -0.05) is 95.5 Å². The molecule has 0 spiro atoms. The van der Waals surface area contributed by atoms with Gasteiger partial charge in [-0.3, -0.25) is 0 Å². The third-order valence-corrected chi connectivity index (χ3v) is 4.41. The molecule has 1 aromatic carbocycles. The zero-order chi connectivity index (χ0) is 15.9. The van der Waals surface area contributed by atoms with Crippen LogP contribution >= 0.6 is 0 Å². The summed E-state index contributed by atoms with van der Waals surface area (Å²) < 4.78 is 0. The minimum absolute atomic E-state index is 0. The molecule has 2 heteroatoms. The van der Waals surface area contributed by atoms with E-state index in [0.29, 0.717) is 0 Å². The van der Waals surface area contributed by atoms with Crippen molar-refractivity contribution in [2.24, 2.45) is 5.92 Å². The van der Waals surface area contributed by atoms with Crippen molar-refractivity contribution in [2.75, 3.05) is 6.54 Å². The Bertz CT molecular complexity index is 337. The average Bonchev–Trinajstić information content (AvgIpc) is 2.52. The Hall–Kier alpha value is -0.340. The van der Waals surface area contributed by atoms with Crippen LogP contribution in [0.1, 0.15) is 83.6 Å². The highest BCUT2D eigenvalue weighted by atomic mass is 79.9. The third kappa shape index (κ3) is 15.0. The van der Waals surface area contributed by atoms with E-state index >= 15 is 0 Å². The van der Waals surface area contributed by atoms with Gasteiger partial charge in [-0.25, -0.2) is 0 Å². The Morgan fingerprint density at radius 1 is 0.739 bits per heavy atom. The summed E-state index contributed by atoms with van der Waals surface area (Å²) in [6.07, 6.45) is 14.3. The van der Waals surface area contributed by atoms with Crippen molar-refractivity contribution in [3.05, 3.63) is 35.9 Å². The lowest BCUT2D eigenvalue weighted by Crippen LogP contribution is -3.00. The molecule has 0 aromatic heterocycles. The number of unbranched alkanes of at least 4 members (excludes halogenated alkanes) is 8. The first-order valence-corrected chi connectivity index (χ1v) is 9.64. The Balaban J connectivity index is 0.00000484. The van der Waals surface area contributed by atoms with Gasteiger partial charge in [-0.05, 0) is 18.8 Å². The van der Waals surface area contributed by atoms with E-state index in [-0.39, 0.29) is 17.0 Å². The van der Waals surface area contributed by atoms with Crippen LogP contribution in [0.4, 0.5) is 0 Å². The van der Waals surface area contributed by atoms with Crippen LogP contribution in [0.3, 0.4) is 0 Å². The SMILES string of the molecule is CC(C)CCCCCCCCCCC[NH2+]Cc1ccccc1.[Br-]. The van der Waals surface area contributed by atoms with Crippen LogP contribution in [0.2, 0.25) is 0 Å². The minimum atomic E-state index is 0. The van der Waals surface area contributed by atoms with Gasteiger partial charge >= 0.3 is 0 Å². The van der Waals surface area contributed by atoms with Gasteiger partial charge in [0.25, 0.3) is 0 Å². The number of halogens is 1. The summed E-state index contributed by atoms with van der Waals surface area (Å²) in [5, 5.41) is 2.45. The Labute approximate surface area is 155 Å². The van der Waals surface area contributed by atoms with Crippen molar-refractivity contribution in [1.82, 2.24) is 0 Å². The standard InChI is InChI=1S/C21H37N.BrH/c1-20(2)15-11-8-6-4-3-5-7-9-14-18-22-19-21-16-12-10-13-17-21;/h10,12-13,16-17,20,22H,3-9,11,14-15,18-19H2,1-2H3;1H. The summed E-state index contributed by atoms with van der Waals surface area (Å²) in [4.78, 5) is 0. The van der Waals surface area contributed by atoms with Crippen LogP contribution in [0.15, 0.2) is 30.3 Å². The normalized spacial score (nSPS) is 10.7. The van der Waals surface area contributed by atoms with Crippen molar-refractivity contribution >= 4 is 0 Å². The van der Waals surface area contributed by atoms with E-state index < -0.39 is 0 Å². The highest BCUT2D eigenvalue weighted by molar-refractivity contribution is 5.12. The highest BCUT2D eigenvalue weighted by Gasteiger charge is 1.97. The molecule has 0 aliphatic rings. The zero-order valence-electron chi connectivity index (χ0n) is 15.4. The lowest BCUT2D eigenvalue weighted by Gasteiger charge is -2.05. The average molecular weight is 384 g/mol. The molecule has 0 unspecified atom stereocenters. The maximum atomic E-state index is 2.45. The summed E-state index contributed by atoms with van der Waals surface area (Å²) in [6.45, 7) is 7.08. The predicted molar refractivity (Wildman–Crippen MR) is 97.9 cm³/mol. The van der Waals surface area contributed by atoms with Crippen LogP contribution in [0.25, 0.3) is 0 Å². The van der Waals surface area contributed by atoms with E-state index in [2.05, 4.69) is 49.5 Å². The lowest BCUT2D eigenvalue weighted by molar-refractivity contribution is -0.671. The van der Waals surface area contributed by atoms with Crippen molar-refractivity contribution in [2.45, 2.75) is 84.6 Å². The zero-order valence-corrected chi connectivity index (χ0v) is 17.0. The Kier molecular flexibility index (Phi) is 16.3. The second kappa shape index (κ2) is 16.5. The van der Waals surface area contributed by atoms with Crippen LogP contribution in [-0.2, 0) is 6.54 Å². The van der Waals surface area contributed by atoms with E-state index in [0.717, 1.165) is 12.5 Å². The maximum absolute atomic E-state index is 2.45. The molecule has 23 heavy (non-hydrogen) atoms. The van der Waals surface area contributed by atoms with Crippen molar-refractivity contribution < 1.29 is 22.3 Å². The number of rotatable bonds is 14. The summed E-state index contributed by atoms with van der Waals surface area (Å²) in [5.41, 5.74) is 1.44. The lowest BCUT2D eigenvalue weighted by atomic mass is 10.0. The van der Waals surface area contributed by atoms with Gasteiger partial charge in [0, 0.05) is 5.56 Å². The second-order valence-corrected chi connectivity index (χ2v) is 7.13. The molecule has 2 N–H and O–H groups in total. The monoisotopic (exact) mass is 383 g/mol. The van der Waals surface area contributed by atoms with Gasteiger partial charge in [0.1, 0.15) is 6.54 Å². The van der Waals surface area contributed by atoms with Crippen LogP contribution in [0.5, 0.6) is 0 Å². The number of benzene rings is 1. The van der Waals surface area contributed by atoms with Gasteiger partial charge in [-0.15, -0.1) is 0 Å². The molecule has 0 atom stereocenters. The molecular formula is C21H38BrN. The molecule has 1 aromatic rings. The molecule has 0 amide bonds. The van der Waals surface area contributed by atoms with E-state index in [1.165, 1.54) is 76.3 Å². The molecule has 0 saturated carbocycles. The van der Waals surface area contributed by atoms with E-state index in [4.69, 9.17) is 0 Å². The molecule has 0 bridgehead atoms. The fraction of sp³-hybridized carbons (Fsp3) is 0.714. The molecule has 0 heterocycles. The molecule has 0 aliphatic carbocycles. The number of hydrogen-bond donors (Lipinski definition) is 1. The van der Waals surface area contributed by atoms with Gasteiger partial charge in [0.2, 0.25) is 0 Å². The van der Waals surface area contributed by atoms with Crippen molar-refractivity contribution in [3.63, 3.8) is 0 Å². The molecule has 0 fully saturated rings. The van der Waals surface area contributed by atoms with Crippen molar-refractivity contribution in [1.29, 1.82) is 0 Å². The molecule has 1 nitrogen and oxygen atoms in total. The molecular weight excluding hydrogens is 346 g/mol. The third-order valence-electron chi connectivity index (χ3n) is 4.41. The fourth-order valence-electron chi connectivity index (χ4n) is 2.96. The molecule has 1 rings (SSSR count). The maximum Gasteiger partial charge on any atom is 0.101 e. The van der Waals surface area contributed by atoms with Gasteiger partial charge in [0.05, 0.1) is 6.54 Å². The fourth-order valence-corrected chi connectivity index (χ4v) is 2.96. The van der Waals surface area contributed by atoms with E-state index in [1.807, 2.05) is 0 Å². The summed E-state index contributed by atoms with van der Waals surface area (Å²) >= 11 is 0. The number of nitrogens with two attached hydrogens (primary N) is 1. The molecule has 0 radical (unpaired) electrons. The Morgan fingerprint density at radius 2 is 1.26 bits per heavy atom. The van der Waals surface area contributed by atoms with Crippen LogP contribution in [0, 0.1) is 5.92 Å². The number of quaternary nitrogens is 1. The van der Waals surface area contributed by atoms with Crippen molar-refractivity contribution in [3.8, 4) is 0 Å². The smallest absolute Gasteiger partial charge is 0.101 e. The topological polar surface area (TPSA) is 16.6 Å². The van der Waals surface area contributed by atoms with E-state index in [1.54, 1.807) is 0 Å². The van der Waals surface area contributed by atoms with Crippen LogP contribution < -0.4 is 22.3 Å². The van der Waals surface area contributed by atoms with Gasteiger partial charge in [0.15, 0.2) is 0 Å². The second-order valence-electron chi connectivity index (χ2n) is 7.13. The van der Waals surface area contributed by atoms with E-state index in [9.17, 15) is 0 Å². The molecule has 0 saturated heterocycles. The summed E-state index contributed by atoms with van der Waals surface area (Å²) in [6, 6.07) is 10.8. The largest absolute Gasteiger partial charge is 1.00 e. The van der Waals surface area contributed by atoms with Crippen LogP contribution in [-0.4, -0.2) is 6.54 Å².